The highest BCUT2D eigenvalue weighted by molar-refractivity contribution is 6.07. The maximum absolute atomic E-state index is 13.2. The van der Waals surface area contributed by atoms with Gasteiger partial charge in [-0.1, -0.05) is 31.2 Å². The Morgan fingerprint density at radius 1 is 1.12 bits per heavy atom. The molecule has 26 heavy (non-hydrogen) atoms. The lowest BCUT2D eigenvalue weighted by atomic mass is 9.87. The van der Waals surface area contributed by atoms with E-state index in [1.165, 1.54) is 24.3 Å². The van der Waals surface area contributed by atoms with E-state index < -0.39 is 29.2 Å². The maximum Gasteiger partial charge on any atom is 0.325 e. The summed E-state index contributed by atoms with van der Waals surface area (Å²) in [6.07, 6.45) is 0.334. The van der Waals surface area contributed by atoms with Gasteiger partial charge in [-0.3, -0.25) is 14.5 Å². The van der Waals surface area contributed by atoms with E-state index in [1.807, 2.05) is 0 Å². The zero-order chi connectivity index (χ0) is 18.9. The maximum atomic E-state index is 13.2. The number of benzene rings is 2. The van der Waals surface area contributed by atoms with E-state index in [0.29, 0.717) is 23.1 Å². The van der Waals surface area contributed by atoms with Crippen molar-refractivity contribution in [2.45, 2.75) is 25.4 Å². The lowest BCUT2D eigenvalue weighted by molar-refractivity contribution is -0.132. The van der Waals surface area contributed by atoms with Crippen molar-refractivity contribution in [3.63, 3.8) is 0 Å². The van der Waals surface area contributed by atoms with Crippen LogP contribution in [0.5, 0.6) is 0 Å². The molecule has 1 saturated heterocycles. The van der Waals surface area contributed by atoms with Crippen LogP contribution < -0.4 is 11.1 Å². The number of nitrogens with one attached hydrogen (secondary N) is 1. The fraction of sp³-hybridized carbons (Fsp3) is 0.211. The van der Waals surface area contributed by atoms with Crippen molar-refractivity contribution in [3.8, 4) is 0 Å². The number of rotatable bonds is 5. The Morgan fingerprint density at radius 2 is 1.73 bits per heavy atom. The second kappa shape index (κ2) is 6.59. The van der Waals surface area contributed by atoms with Gasteiger partial charge in [0.15, 0.2) is 0 Å². The lowest BCUT2D eigenvalue weighted by Gasteiger charge is -2.25. The quantitative estimate of drug-likeness (QED) is 0.806. The fourth-order valence-electron chi connectivity index (χ4n) is 3.10. The number of urea groups is 1. The molecule has 0 radical (unpaired) electrons. The number of carbonyl (C=O) groups excluding carboxylic acids is 3. The second-order valence-corrected chi connectivity index (χ2v) is 6.15. The van der Waals surface area contributed by atoms with Gasteiger partial charge in [-0.15, -0.1) is 0 Å². The molecule has 0 aromatic heterocycles. The highest BCUT2D eigenvalue weighted by Gasteiger charge is 2.51. The van der Waals surface area contributed by atoms with Crippen molar-refractivity contribution in [2.24, 2.45) is 5.73 Å². The molecule has 0 aliphatic carbocycles. The number of halogens is 1. The molecule has 1 aliphatic rings. The third-order valence-corrected chi connectivity index (χ3v) is 4.62. The van der Waals surface area contributed by atoms with Crippen molar-refractivity contribution in [1.29, 1.82) is 0 Å². The number of amides is 4. The smallest absolute Gasteiger partial charge is 0.325 e. The van der Waals surface area contributed by atoms with E-state index in [4.69, 9.17) is 5.73 Å². The van der Waals surface area contributed by atoms with Crippen LogP contribution in [0.3, 0.4) is 0 Å². The Labute approximate surface area is 149 Å². The number of imide groups is 1. The van der Waals surface area contributed by atoms with Crippen molar-refractivity contribution in [2.75, 3.05) is 0 Å². The molecule has 3 rings (SSSR count). The Morgan fingerprint density at radius 3 is 2.27 bits per heavy atom. The summed E-state index contributed by atoms with van der Waals surface area (Å²) >= 11 is 0. The molecule has 0 spiro atoms. The standard InChI is InChI=1S/C19H18FN3O3/c1-2-19(14-7-9-15(20)10-8-14)17(25)23(18(26)22-19)11-12-3-5-13(6-4-12)16(21)24/h3-10H,2,11H2,1H3,(H2,21,24)(H,22,26). The number of hydrogen-bond acceptors (Lipinski definition) is 3. The third-order valence-electron chi connectivity index (χ3n) is 4.62. The van der Waals surface area contributed by atoms with Crippen molar-refractivity contribution < 1.29 is 18.8 Å². The normalized spacial score (nSPS) is 19.5. The number of carbonyl (C=O) groups is 3. The molecule has 0 saturated carbocycles. The van der Waals surface area contributed by atoms with E-state index in [1.54, 1.807) is 31.2 Å². The largest absolute Gasteiger partial charge is 0.366 e. The van der Waals surface area contributed by atoms with Gasteiger partial charge in [0, 0.05) is 5.56 Å². The van der Waals surface area contributed by atoms with Gasteiger partial charge >= 0.3 is 6.03 Å². The number of primary amides is 1. The first-order chi connectivity index (χ1) is 12.4. The van der Waals surface area contributed by atoms with Crippen LogP contribution in [0.25, 0.3) is 0 Å². The number of hydrogen-bond donors (Lipinski definition) is 2. The predicted octanol–water partition coefficient (Wildman–Crippen LogP) is 2.28. The molecule has 1 aliphatic heterocycles. The van der Waals surface area contributed by atoms with Crippen molar-refractivity contribution in [1.82, 2.24) is 10.2 Å². The zero-order valence-corrected chi connectivity index (χ0v) is 14.2. The van der Waals surface area contributed by atoms with E-state index in [-0.39, 0.29) is 6.54 Å². The minimum Gasteiger partial charge on any atom is -0.366 e. The first-order valence-corrected chi connectivity index (χ1v) is 8.16. The summed E-state index contributed by atoms with van der Waals surface area (Å²) in [5.41, 5.74) is 5.56. The molecule has 1 fully saturated rings. The van der Waals surface area contributed by atoms with Gasteiger partial charge in [0.2, 0.25) is 5.91 Å². The third kappa shape index (κ3) is 2.92. The van der Waals surface area contributed by atoms with E-state index >= 15 is 0 Å². The Balaban J connectivity index is 1.88. The van der Waals surface area contributed by atoms with Crippen LogP contribution in [0.1, 0.15) is 34.8 Å². The molecule has 4 amide bonds. The lowest BCUT2D eigenvalue weighted by Crippen LogP contribution is -2.43. The molecule has 2 aromatic carbocycles. The molecule has 2 aromatic rings. The number of nitrogens with zero attached hydrogens (tertiary/aromatic N) is 1. The summed E-state index contributed by atoms with van der Waals surface area (Å²) in [6, 6.07) is 11.4. The Kier molecular flexibility index (Phi) is 4.46. The van der Waals surface area contributed by atoms with Gasteiger partial charge in [-0.25, -0.2) is 9.18 Å². The van der Waals surface area contributed by atoms with E-state index in [9.17, 15) is 18.8 Å². The van der Waals surface area contributed by atoms with Crippen molar-refractivity contribution in [3.05, 3.63) is 71.0 Å². The van der Waals surface area contributed by atoms with Gasteiger partial charge < -0.3 is 11.1 Å². The molecular weight excluding hydrogens is 337 g/mol. The molecule has 7 heteroatoms. The summed E-state index contributed by atoms with van der Waals surface area (Å²) < 4.78 is 13.2. The molecule has 6 nitrogen and oxygen atoms in total. The van der Waals surface area contributed by atoms with Crippen LogP contribution in [-0.2, 0) is 16.9 Å². The summed E-state index contributed by atoms with van der Waals surface area (Å²) in [5.74, 6) is -1.35. The molecule has 1 heterocycles. The second-order valence-electron chi connectivity index (χ2n) is 6.15. The van der Waals surface area contributed by atoms with Gasteiger partial charge in [-0.05, 0) is 41.8 Å². The summed E-state index contributed by atoms with van der Waals surface area (Å²) in [4.78, 5) is 37.7. The number of nitrogens with two attached hydrogens (primary N) is 1. The summed E-state index contributed by atoms with van der Waals surface area (Å²) in [6.45, 7) is 1.85. The first-order valence-electron chi connectivity index (χ1n) is 8.16. The summed E-state index contributed by atoms with van der Waals surface area (Å²) in [7, 11) is 0. The van der Waals surface area contributed by atoms with Gasteiger partial charge in [0.25, 0.3) is 5.91 Å². The summed E-state index contributed by atoms with van der Waals surface area (Å²) in [5, 5.41) is 2.74. The van der Waals surface area contributed by atoms with Crippen LogP contribution in [0.2, 0.25) is 0 Å². The Hall–Kier alpha value is -3.22. The van der Waals surface area contributed by atoms with Crippen molar-refractivity contribution >= 4 is 17.8 Å². The highest BCUT2D eigenvalue weighted by Crippen LogP contribution is 2.33. The van der Waals surface area contributed by atoms with E-state index in [0.717, 1.165) is 4.90 Å². The molecular formula is C19H18FN3O3. The minimum atomic E-state index is -1.21. The topological polar surface area (TPSA) is 92.5 Å². The average molecular weight is 355 g/mol. The van der Waals surface area contributed by atoms with Crippen LogP contribution in [-0.4, -0.2) is 22.7 Å². The molecule has 3 N–H and O–H groups in total. The van der Waals surface area contributed by atoms with Gasteiger partial charge in [-0.2, -0.15) is 0 Å². The molecule has 0 bridgehead atoms. The van der Waals surface area contributed by atoms with Crippen LogP contribution in [0.15, 0.2) is 48.5 Å². The van der Waals surface area contributed by atoms with Gasteiger partial charge in [0.1, 0.15) is 11.4 Å². The van der Waals surface area contributed by atoms with E-state index in [2.05, 4.69) is 5.32 Å². The first kappa shape index (κ1) is 17.6. The molecule has 1 unspecified atom stereocenters. The SMILES string of the molecule is CCC1(c2ccc(F)cc2)NC(=O)N(Cc2ccc(C(N)=O)cc2)C1=O. The average Bonchev–Trinajstić information content (AvgIpc) is 2.88. The predicted molar refractivity (Wildman–Crippen MR) is 92.4 cm³/mol. The minimum absolute atomic E-state index is 0.0622. The zero-order valence-electron chi connectivity index (χ0n) is 14.2. The molecule has 134 valence electrons. The van der Waals surface area contributed by atoms with Crippen LogP contribution in [0.4, 0.5) is 9.18 Å². The monoisotopic (exact) mass is 355 g/mol. The Bertz CT molecular complexity index is 865. The van der Waals surface area contributed by atoms with Crippen LogP contribution >= 0.6 is 0 Å². The molecule has 1 atom stereocenters. The highest BCUT2D eigenvalue weighted by atomic mass is 19.1. The fourth-order valence-corrected chi connectivity index (χ4v) is 3.10. The van der Waals surface area contributed by atoms with Gasteiger partial charge in [0.05, 0.1) is 6.54 Å². The van der Waals surface area contributed by atoms with Crippen LogP contribution in [0, 0.1) is 5.82 Å².